The van der Waals surface area contributed by atoms with Crippen molar-refractivity contribution in [2.75, 3.05) is 4.72 Å². The number of halogens is 1. The van der Waals surface area contributed by atoms with E-state index < -0.39 is 10.0 Å². The second kappa shape index (κ2) is 7.35. The first-order valence-corrected chi connectivity index (χ1v) is 9.58. The van der Waals surface area contributed by atoms with Crippen molar-refractivity contribution in [3.05, 3.63) is 65.1 Å². The number of aryl methyl sites for hydroxylation is 2. The lowest BCUT2D eigenvalue weighted by Crippen LogP contribution is -2.16. The van der Waals surface area contributed by atoms with Crippen LogP contribution in [0.2, 0.25) is 5.15 Å². The van der Waals surface area contributed by atoms with E-state index in [0.29, 0.717) is 11.4 Å². The number of rotatable bonds is 6. The van der Waals surface area contributed by atoms with E-state index in [2.05, 4.69) is 14.8 Å². The van der Waals surface area contributed by atoms with Gasteiger partial charge in [-0.25, -0.2) is 13.4 Å². The second-order valence-corrected chi connectivity index (χ2v) is 7.54. The zero-order chi connectivity index (χ0) is 18.7. The Bertz CT molecular complexity index is 1020. The van der Waals surface area contributed by atoms with Crippen molar-refractivity contribution in [1.29, 1.82) is 0 Å². The fourth-order valence-corrected chi connectivity index (χ4v) is 4.19. The Hall–Kier alpha value is -2.58. The van der Waals surface area contributed by atoms with Crippen LogP contribution in [0.4, 0.5) is 5.82 Å². The first-order chi connectivity index (χ1) is 12.4. The molecular weight excluding hydrogens is 376 g/mol. The van der Waals surface area contributed by atoms with Gasteiger partial charge in [-0.3, -0.25) is 9.40 Å². The third-order valence-electron chi connectivity index (χ3n) is 3.61. The fourth-order valence-electron chi connectivity index (χ4n) is 2.41. The van der Waals surface area contributed by atoms with Crippen LogP contribution in [0.1, 0.15) is 11.3 Å². The average molecular weight is 393 g/mol. The number of anilines is 1. The van der Waals surface area contributed by atoms with Crippen molar-refractivity contribution in [1.82, 2.24) is 14.8 Å². The van der Waals surface area contributed by atoms with E-state index in [-0.39, 0.29) is 22.5 Å². The Morgan fingerprint density at radius 3 is 2.58 bits per heavy atom. The van der Waals surface area contributed by atoms with Gasteiger partial charge in [0.05, 0.1) is 5.69 Å². The van der Waals surface area contributed by atoms with Crippen LogP contribution in [0, 0.1) is 6.92 Å². The van der Waals surface area contributed by atoms with E-state index >= 15 is 0 Å². The van der Waals surface area contributed by atoms with Crippen molar-refractivity contribution < 1.29 is 13.2 Å². The minimum absolute atomic E-state index is 0.0256. The van der Waals surface area contributed by atoms with E-state index in [0.717, 1.165) is 5.56 Å². The Kier molecular flexibility index (Phi) is 5.15. The lowest BCUT2D eigenvalue weighted by molar-refractivity contribution is 0.307. The number of sulfonamides is 1. The lowest BCUT2D eigenvalue weighted by atomic mass is 10.2. The van der Waals surface area contributed by atoms with E-state index in [1.807, 2.05) is 30.3 Å². The minimum atomic E-state index is -3.97. The summed E-state index contributed by atoms with van der Waals surface area (Å²) in [7, 11) is -2.39. The fraction of sp³-hybridized carbons (Fsp3) is 0.176. The summed E-state index contributed by atoms with van der Waals surface area (Å²) in [6.45, 7) is 1.86. The predicted octanol–water partition coefficient (Wildman–Crippen LogP) is 3.16. The SMILES string of the molecule is Cc1nn(C)c(Cl)c1S(=O)(=O)Nc1ncccc1OCc1ccccc1. The Morgan fingerprint density at radius 2 is 1.92 bits per heavy atom. The quantitative estimate of drug-likeness (QED) is 0.696. The molecule has 0 aliphatic heterocycles. The van der Waals surface area contributed by atoms with Crippen LogP contribution >= 0.6 is 11.6 Å². The molecule has 7 nitrogen and oxygen atoms in total. The molecule has 26 heavy (non-hydrogen) atoms. The summed E-state index contributed by atoms with van der Waals surface area (Å²) >= 11 is 6.08. The molecule has 1 aromatic carbocycles. The topological polar surface area (TPSA) is 86.1 Å². The third kappa shape index (κ3) is 3.81. The van der Waals surface area contributed by atoms with Crippen LogP contribution in [0.25, 0.3) is 0 Å². The van der Waals surface area contributed by atoms with Crippen molar-refractivity contribution in [2.24, 2.45) is 7.05 Å². The largest absolute Gasteiger partial charge is 0.485 e. The van der Waals surface area contributed by atoms with Crippen molar-refractivity contribution in [2.45, 2.75) is 18.4 Å². The van der Waals surface area contributed by atoms with Gasteiger partial charge in [-0.05, 0) is 24.6 Å². The smallest absolute Gasteiger partial charge is 0.268 e. The zero-order valence-corrected chi connectivity index (χ0v) is 15.8. The highest BCUT2D eigenvalue weighted by molar-refractivity contribution is 7.92. The minimum Gasteiger partial charge on any atom is -0.485 e. The van der Waals surface area contributed by atoms with E-state index in [4.69, 9.17) is 16.3 Å². The average Bonchev–Trinajstić information content (AvgIpc) is 2.87. The molecule has 2 heterocycles. The summed E-state index contributed by atoms with van der Waals surface area (Å²) < 4.78 is 34.9. The van der Waals surface area contributed by atoms with Gasteiger partial charge in [0.15, 0.2) is 11.6 Å². The first kappa shape index (κ1) is 18.2. The number of nitrogens with zero attached hydrogens (tertiary/aromatic N) is 3. The Labute approximate surface area is 156 Å². The molecule has 0 atom stereocenters. The number of ether oxygens (including phenoxy) is 1. The normalized spacial score (nSPS) is 11.3. The number of benzene rings is 1. The van der Waals surface area contributed by atoms with Gasteiger partial charge in [-0.2, -0.15) is 5.10 Å². The molecule has 136 valence electrons. The summed E-state index contributed by atoms with van der Waals surface area (Å²) in [5.74, 6) is 0.403. The summed E-state index contributed by atoms with van der Waals surface area (Å²) in [4.78, 5) is 4.00. The van der Waals surface area contributed by atoms with Crippen molar-refractivity contribution in [3.63, 3.8) is 0 Å². The summed E-state index contributed by atoms with van der Waals surface area (Å²) in [6.07, 6.45) is 1.48. The maximum absolute atomic E-state index is 12.7. The van der Waals surface area contributed by atoms with Gasteiger partial charge in [-0.15, -0.1) is 0 Å². The standard InChI is InChI=1S/C17H17ClN4O3S/c1-12-15(16(18)22(2)20-12)26(23,24)21-17-14(9-6-10-19-17)25-11-13-7-4-3-5-8-13/h3-10H,11H2,1-2H3,(H,19,21). The Morgan fingerprint density at radius 1 is 1.19 bits per heavy atom. The molecule has 0 amide bonds. The van der Waals surface area contributed by atoms with E-state index in [9.17, 15) is 8.42 Å². The maximum atomic E-state index is 12.7. The van der Waals surface area contributed by atoms with Crippen LogP contribution in [0.15, 0.2) is 53.6 Å². The summed E-state index contributed by atoms with van der Waals surface area (Å²) in [5, 5.41) is 4.06. The first-order valence-electron chi connectivity index (χ1n) is 7.72. The lowest BCUT2D eigenvalue weighted by Gasteiger charge is -2.12. The maximum Gasteiger partial charge on any atom is 0.268 e. The molecule has 0 unspecified atom stereocenters. The highest BCUT2D eigenvalue weighted by Crippen LogP contribution is 2.29. The monoisotopic (exact) mass is 392 g/mol. The molecule has 0 aliphatic carbocycles. The molecule has 3 rings (SSSR count). The van der Waals surface area contributed by atoms with Crippen LogP contribution in [0.3, 0.4) is 0 Å². The number of pyridine rings is 1. The highest BCUT2D eigenvalue weighted by atomic mass is 35.5. The second-order valence-electron chi connectivity index (χ2n) is 5.56. The number of nitrogens with one attached hydrogen (secondary N) is 1. The molecule has 2 aromatic heterocycles. The Balaban J connectivity index is 1.86. The zero-order valence-electron chi connectivity index (χ0n) is 14.2. The van der Waals surface area contributed by atoms with Gasteiger partial charge in [0.2, 0.25) is 0 Å². The molecule has 0 aliphatic rings. The number of hydrogen-bond acceptors (Lipinski definition) is 5. The van der Waals surface area contributed by atoms with Gasteiger partial charge in [-0.1, -0.05) is 41.9 Å². The van der Waals surface area contributed by atoms with Gasteiger partial charge < -0.3 is 4.74 Å². The summed E-state index contributed by atoms with van der Waals surface area (Å²) in [5.41, 5.74) is 1.25. The van der Waals surface area contributed by atoms with Crippen LogP contribution in [-0.2, 0) is 23.7 Å². The molecule has 9 heteroatoms. The molecular formula is C17H17ClN4O3S. The molecule has 0 spiro atoms. The molecule has 3 aromatic rings. The number of hydrogen-bond donors (Lipinski definition) is 1. The number of aromatic nitrogens is 3. The van der Waals surface area contributed by atoms with Gasteiger partial charge in [0.25, 0.3) is 10.0 Å². The summed E-state index contributed by atoms with van der Waals surface area (Å²) in [6, 6.07) is 12.9. The van der Waals surface area contributed by atoms with Crippen LogP contribution < -0.4 is 9.46 Å². The third-order valence-corrected chi connectivity index (χ3v) is 5.64. The van der Waals surface area contributed by atoms with Gasteiger partial charge in [0, 0.05) is 13.2 Å². The highest BCUT2D eigenvalue weighted by Gasteiger charge is 2.26. The van der Waals surface area contributed by atoms with E-state index in [1.54, 1.807) is 26.1 Å². The van der Waals surface area contributed by atoms with Crippen LogP contribution in [0.5, 0.6) is 5.75 Å². The molecule has 0 saturated heterocycles. The predicted molar refractivity (Wildman–Crippen MR) is 98.8 cm³/mol. The molecule has 0 bridgehead atoms. The molecule has 0 fully saturated rings. The van der Waals surface area contributed by atoms with Crippen molar-refractivity contribution in [3.8, 4) is 5.75 Å². The molecule has 0 radical (unpaired) electrons. The molecule has 1 N–H and O–H groups in total. The van der Waals surface area contributed by atoms with Gasteiger partial charge in [0.1, 0.15) is 16.7 Å². The van der Waals surface area contributed by atoms with Crippen molar-refractivity contribution >= 4 is 27.4 Å². The molecule has 0 saturated carbocycles. The van der Waals surface area contributed by atoms with Crippen LogP contribution in [-0.4, -0.2) is 23.2 Å². The van der Waals surface area contributed by atoms with Gasteiger partial charge >= 0.3 is 0 Å². The van der Waals surface area contributed by atoms with E-state index in [1.165, 1.54) is 10.9 Å².